The van der Waals surface area contributed by atoms with E-state index in [9.17, 15) is 14.7 Å². The molecular weight excluding hydrogens is 446 g/mol. The van der Waals surface area contributed by atoms with Gasteiger partial charge in [-0.15, -0.1) is 0 Å². The first-order chi connectivity index (χ1) is 16.7. The van der Waals surface area contributed by atoms with Crippen molar-refractivity contribution in [3.8, 4) is 29.1 Å². The second kappa shape index (κ2) is 9.87. The highest BCUT2D eigenvalue weighted by Gasteiger charge is 2.31. The number of rotatable bonds is 4. The third-order valence-corrected chi connectivity index (χ3v) is 5.12. The number of para-hydroxylation sites is 1. The quantitative estimate of drug-likeness (QED) is 0.567. The summed E-state index contributed by atoms with van der Waals surface area (Å²) in [6.07, 6.45) is 1.47. The minimum absolute atomic E-state index is 0.0650. The van der Waals surface area contributed by atoms with E-state index < -0.39 is 17.6 Å². The zero-order chi connectivity index (χ0) is 25.0. The molecule has 0 radical (unpaired) electrons. The summed E-state index contributed by atoms with van der Waals surface area (Å²) in [5.74, 6) is 6.32. The molecule has 0 spiro atoms. The third-order valence-electron chi connectivity index (χ3n) is 5.12. The van der Waals surface area contributed by atoms with Crippen LogP contribution in [0.4, 0.5) is 5.69 Å². The van der Waals surface area contributed by atoms with Gasteiger partial charge in [-0.05, 0) is 50.2 Å². The fraction of sp³-hybridized carbons (Fsp3) is 0.222. The molecule has 35 heavy (non-hydrogen) atoms. The SMILES string of the molecule is CN1C(=O)[C@H](NC(=O)c2cc(Oc3ccccc3)ccn2)COc2cc(C#CC(C)(C)O)ccc21. The first-order valence-electron chi connectivity index (χ1n) is 11.0. The highest BCUT2D eigenvalue weighted by Crippen LogP contribution is 2.31. The first kappa shape index (κ1) is 23.8. The standard InChI is InChI=1S/C27H25N3O5/c1-27(2,33)13-11-18-9-10-23-24(15-18)34-17-22(26(32)30(23)3)29-25(31)21-16-20(12-14-28-21)35-19-7-5-4-6-8-19/h4-10,12,14-16,22,33H,17H2,1-3H3,(H,29,31)/t22-/m1/s1. The molecule has 4 rings (SSSR count). The normalized spacial score (nSPS) is 15.1. The lowest BCUT2D eigenvalue weighted by molar-refractivity contribution is -0.120. The fourth-order valence-corrected chi connectivity index (χ4v) is 3.37. The molecule has 8 nitrogen and oxygen atoms in total. The molecule has 8 heteroatoms. The van der Waals surface area contributed by atoms with E-state index >= 15 is 0 Å². The average molecular weight is 472 g/mol. The van der Waals surface area contributed by atoms with Gasteiger partial charge in [-0.1, -0.05) is 30.0 Å². The van der Waals surface area contributed by atoms with Crippen molar-refractivity contribution in [1.29, 1.82) is 0 Å². The average Bonchev–Trinajstić information content (AvgIpc) is 2.95. The van der Waals surface area contributed by atoms with Crippen LogP contribution in [0.3, 0.4) is 0 Å². The Morgan fingerprint density at radius 1 is 1.17 bits per heavy atom. The van der Waals surface area contributed by atoms with Crippen molar-refractivity contribution < 1.29 is 24.2 Å². The van der Waals surface area contributed by atoms with Crippen molar-refractivity contribution in [3.63, 3.8) is 0 Å². The minimum Gasteiger partial charge on any atom is -0.489 e. The molecule has 0 unspecified atom stereocenters. The highest BCUT2D eigenvalue weighted by atomic mass is 16.5. The zero-order valence-corrected chi connectivity index (χ0v) is 19.6. The van der Waals surface area contributed by atoms with Gasteiger partial charge < -0.3 is 24.8 Å². The Labute approximate surface area is 203 Å². The Hall–Kier alpha value is -4.35. The van der Waals surface area contributed by atoms with Crippen molar-refractivity contribution in [2.75, 3.05) is 18.6 Å². The van der Waals surface area contributed by atoms with Crippen molar-refractivity contribution in [3.05, 3.63) is 78.1 Å². The van der Waals surface area contributed by atoms with Gasteiger partial charge in [-0.3, -0.25) is 14.6 Å². The molecular formula is C27H25N3O5. The number of hydrogen-bond acceptors (Lipinski definition) is 6. The van der Waals surface area contributed by atoms with Crippen molar-refractivity contribution >= 4 is 17.5 Å². The van der Waals surface area contributed by atoms with Crippen LogP contribution in [0.5, 0.6) is 17.2 Å². The Kier molecular flexibility index (Phi) is 6.71. The predicted molar refractivity (Wildman–Crippen MR) is 131 cm³/mol. The number of ether oxygens (including phenoxy) is 2. The number of likely N-dealkylation sites (N-methyl/N-ethyl adjacent to an activating group) is 1. The van der Waals surface area contributed by atoms with E-state index in [4.69, 9.17) is 9.47 Å². The summed E-state index contributed by atoms with van der Waals surface area (Å²) in [6.45, 7) is 3.13. The predicted octanol–water partition coefficient (Wildman–Crippen LogP) is 3.15. The van der Waals surface area contributed by atoms with Gasteiger partial charge in [-0.2, -0.15) is 0 Å². The molecule has 3 aromatic rings. The van der Waals surface area contributed by atoms with Gasteiger partial charge in [0.1, 0.15) is 41.2 Å². The van der Waals surface area contributed by atoms with Gasteiger partial charge in [0.05, 0.1) is 5.69 Å². The molecule has 0 saturated heterocycles. The van der Waals surface area contributed by atoms with Crippen LogP contribution >= 0.6 is 0 Å². The molecule has 2 amide bonds. The van der Waals surface area contributed by atoms with Crippen LogP contribution in [-0.4, -0.2) is 47.2 Å². The van der Waals surface area contributed by atoms with Gasteiger partial charge in [0.2, 0.25) is 0 Å². The number of pyridine rings is 1. The minimum atomic E-state index is -1.13. The largest absolute Gasteiger partial charge is 0.489 e. The Bertz CT molecular complexity index is 1310. The smallest absolute Gasteiger partial charge is 0.270 e. The number of nitrogens with zero attached hydrogens (tertiary/aromatic N) is 2. The van der Waals surface area contributed by atoms with Crippen molar-refractivity contribution in [2.45, 2.75) is 25.5 Å². The van der Waals surface area contributed by atoms with E-state index in [0.717, 1.165) is 0 Å². The number of carbonyl (C=O) groups is 2. The number of aromatic nitrogens is 1. The molecule has 1 aromatic heterocycles. The van der Waals surface area contributed by atoms with E-state index in [0.29, 0.717) is 28.5 Å². The van der Waals surface area contributed by atoms with Gasteiger partial charge in [0.15, 0.2) is 0 Å². The number of hydrogen-bond donors (Lipinski definition) is 2. The number of fused-ring (bicyclic) bond motifs is 1. The molecule has 2 heterocycles. The van der Waals surface area contributed by atoms with E-state index in [1.165, 1.54) is 17.2 Å². The van der Waals surface area contributed by atoms with Crippen LogP contribution in [-0.2, 0) is 4.79 Å². The second-order valence-electron chi connectivity index (χ2n) is 8.52. The molecule has 0 saturated carbocycles. The maximum atomic E-state index is 13.1. The summed E-state index contributed by atoms with van der Waals surface area (Å²) in [5.41, 5.74) is 0.165. The Morgan fingerprint density at radius 2 is 1.94 bits per heavy atom. The van der Waals surface area contributed by atoms with Crippen molar-refractivity contribution in [1.82, 2.24) is 10.3 Å². The Morgan fingerprint density at radius 3 is 2.69 bits per heavy atom. The summed E-state index contributed by atoms with van der Waals surface area (Å²) >= 11 is 0. The first-order valence-corrected chi connectivity index (χ1v) is 11.0. The molecule has 178 valence electrons. The molecule has 1 aliphatic heterocycles. The van der Waals surface area contributed by atoms with Crippen LogP contribution in [0.2, 0.25) is 0 Å². The summed E-state index contributed by atoms with van der Waals surface area (Å²) in [7, 11) is 1.61. The lowest BCUT2D eigenvalue weighted by Crippen LogP contribution is -2.49. The fourth-order valence-electron chi connectivity index (χ4n) is 3.37. The number of amides is 2. The Balaban J connectivity index is 1.48. The second-order valence-corrected chi connectivity index (χ2v) is 8.52. The monoisotopic (exact) mass is 471 g/mol. The van der Waals surface area contributed by atoms with E-state index in [1.807, 2.05) is 18.2 Å². The molecule has 1 aliphatic rings. The lowest BCUT2D eigenvalue weighted by atomic mass is 10.1. The van der Waals surface area contributed by atoms with Crippen LogP contribution < -0.4 is 19.7 Å². The number of benzene rings is 2. The molecule has 2 aromatic carbocycles. The number of anilines is 1. The van der Waals surface area contributed by atoms with Crippen LogP contribution in [0.15, 0.2) is 66.9 Å². The van der Waals surface area contributed by atoms with E-state index in [1.54, 1.807) is 57.3 Å². The van der Waals surface area contributed by atoms with Crippen molar-refractivity contribution in [2.24, 2.45) is 0 Å². The number of nitrogens with one attached hydrogen (secondary N) is 1. The maximum absolute atomic E-state index is 13.1. The summed E-state index contributed by atoms with van der Waals surface area (Å²) in [4.78, 5) is 31.5. The lowest BCUT2D eigenvalue weighted by Gasteiger charge is -2.20. The van der Waals surface area contributed by atoms with Crippen LogP contribution in [0, 0.1) is 11.8 Å². The van der Waals surface area contributed by atoms with Crippen LogP contribution in [0.1, 0.15) is 29.9 Å². The topological polar surface area (TPSA) is 101 Å². The maximum Gasteiger partial charge on any atom is 0.270 e. The molecule has 0 bridgehead atoms. The summed E-state index contributed by atoms with van der Waals surface area (Å²) in [5, 5.41) is 12.5. The summed E-state index contributed by atoms with van der Waals surface area (Å²) in [6, 6.07) is 16.6. The van der Waals surface area contributed by atoms with Gasteiger partial charge in [0, 0.05) is 24.9 Å². The van der Waals surface area contributed by atoms with Gasteiger partial charge >= 0.3 is 0 Å². The molecule has 0 fully saturated rings. The molecule has 2 N–H and O–H groups in total. The number of carbonyl (C=O) groups excluding carboxylic acids is 2. The highest BCUT2D eigenvalue weighted by molar-refractivity contribution is 6.03. The molecule has 1 atom stereocenters. The van der Waals surface area contributed by atoms with Crippen LogP contribution in [0.25, 0.3) is 0 Å². The molecule has 0 aliphatic carbocycles. The van der Waals surface area contributed by atoms with E-state index in [2.05, 4.69) is 22.1 Å². The summed E-state index contributed by atoms with van der Waals surface area (Å²) < 4.78 is 11.6. The number of aliphatic hydroxyl groups is 1. The van der Waals surface area contributed by atoms with Gasteiger partial charge in [0.25, 0.3) is 11.8 Å². The van der Waals surface area contributed by atoms with Gasteiger partial charge in [-0.25, -0.2) is 0 Å². The zero-order valence-electron chi connectivity index (χ0n) is 19.6. The van der Waals surface area contributed by atoms with E-state index in [-0.39, 0.29) is 18.2 Å². The third kappa shape index (κ3) is 5.96.